The molecular formula is C18H32N4O2. The molecule has 0 aliphatic carbocycles. The third kappa shape index (κ3) is 6.88. The van der Waals surface area contributed by atoms with Crippen molar-refractivity contribution in [1.29, 1.82) is 0 Å². The van der Waals surface area contributed by atoms with Gasteiger partial charge in [-0.1, -0.05) is 26.0 Å². The fourth-order valence-electron chi connectivity index (χ4n) is 2.27. The van der Waals surface area contributed by atoms with Gasteiger partial charge in [0.25, 0.3) is 0 Å². The molecule has 0 radical (unpaired) electrons. The first kappa shape index (κ1) is 20.4. The van der Waals surface area contributed by atoms with Gasteiger partial charge in [0.2, 0.25) is 0 Å². The fourth-order valence-corrected chi connectivity index (χ4v) is 2.27. The molecule has 1 aromatic carbocycles. The van der Waals surface area contributed by atoms with Crippen molar-refractivity contribution in [3.8, 4) is 0 Å². The second-order valence-electron chi connectivity index (χ2n) is 5.60. The Bertz CT molecular complexity index is 482. The van der Waals surface area contributed by atoms with Gasteiger partial charge in [-0.2, -0.15) is 0 Å². The first-order chi connectivity index (χ1) is 11.6. The molecule has 1 aromatic rings. The van der Waals surface area contributed by atoms with E-state index in [1.807, 2.05) is 45.0 Å². The monoisotopic (exact) mass is 336 g/mol. The molecule has 0 aromatic heterocycles. The maximum absolute atomic E-state index is 5.99. The van der Waals surface area contributed by atoms with Crippen molar-refractivity contribution in [2.45, 2.75) is 52.4 Å². The lowest BCUT2D eigenvalue weighted by molar-refractivity contribution is -0.157. The number of ether oxygens (including phenoxy) is 2. The Hall–Kier alpha value is -1.60. The number of rotatable bonds is 6. The Morgan fingerprint density at radius 3 is 2.54 bits per heavy atom. The molecule has 1 heterocycles. The minimum Gasteiger partial charge on any atom is -0.399 e. The lowest BCUT2D eigenvalue weighted by atomic mass is 10.1. The maximum Gasteiger partial charge on any atom is 0.158 e. The molecular weight excluding hydrogens is 304 g/mol. The van der Waals surface area contributed by atoms with Crippen molar-refractivity contribution in [3.63, 3.8) is 0 Å². The summed E-state index contributed by atoms with van der Waals surface area (Å²) in [4.78, 5) is 0. The van der Waals surface area contributed by atoms with E-state index in [0.717, 1.165) is 37.1 Å². The molecule has 0 spiro atoms. The van der Waals surface area contributed by atoms with Gasteiger partial charge in [0.15, 0.2) is 6.29 Å². The number of benzene rings is 1. The van der Waals surface area contributed by atoms with Crippen LogP contribution in [0.25, 0.3) is 0 Å². The predicted octanol–water partition coefficient (Wildman–Crippen LogP) is 2.76. The summed E-state index contributed by atoms with van der Waals surface area (Å²) in [6, 6.07) is 7.73. The highest BCUT2D eigenvalue weighted by Crippen LogP contribution is 2.17. The molecule has 24 heavy (non-hydrogen) atoms. The van der Waals surface area contributed by atoms with Crippen LogP contribution in [-0.2, 0) is 9.47 Å². The largest absolute Gasteiger partial charge is 0.399 e. The van der Waals surface area contributed by atoms with Gasteiger partial charge in [-0.15, -0.1) is 0 Å². The summed E-state index contributed by atoms with van der Waals surface area (Å²) in [5.74, 6) is 5.99. The lowest BCUT2D eigenvalue weighted by Gasteiger charge is -2.23. The minimum atomic E-state index is -0.155. The Balaban J connectivity index is 0.00000139. The zero-order valence-corrected chi connectivity index (χ0v) is 15.1. The zero-order chi connectivity index (χ0) is 17.9. The van der Waals surface area contributed by atoms with Gasteiger partial charge in [-0.05, 0) is 43.9 Å². The summed E-state index contributed by atoms with van der Waals surface area (Å²) < 4.78 is 11.1. The van der Waals surface area contributed by atoms with Crippen molar-refractivity contribution in [2.75, 3.05) is 18.2 Å². The summed E-state index contributed by atoms with van der Waals surface area (Å²) in [5, 5.41) is 1.48. The SMILES string of the molecule is CC.CC(N)c1ccc(N(N)/C=C(\N)COC2CCCCO2)cc1. The Kier molecular flexibility index (Phi) is 9.41. The Morgan fingerprint density at radius 1 is 1.33 bits per heavy atom. The summed E-state index contributed by atoms with van der Waals surface area (Å²) in [7, 11) is 0. The first-order valence-corrected chi connectivity index (χ1v) is 8.65. The number of anilines is 1. The van der Waals surface area contributed by atoms with Crippen LogP contribution in [0, 0.1) is 0 Å². The quantitative estimate of drug-likeness (QED) is 0.545. The van der Waals surface area contributed by atoms with E-state index in [1.54, 1.807) is 6.20 Å². The van der Waals surface area contributed by atoms with Crippen LogP contribution < -0.4 is 22.3 Å². The van der Waals surface area contributed by atoms with Gasteiger partial charge in [-0.3, -0.25) is 5.01 Å². The number of nitrogens with zero attached hydrogens (tertiary/aromatic N) is 1. The van der Waals surface area contributed by atoms with E-state index < -0.39 is 0 Å². The van der Waals surface area contributed by atoms with Gasteiger partial charge in [0.1, 0.15) is 0 Å². The average Bonchev–Trinajstić information content (AvgIpc) is 2.62. The van der Waals surface area contributed by atoms with Crippen LogP contribution in [0.2, 0.25) is 0 Å². The molecule has 2 atom stereocenters. The average molecular weight is 336 g/mol. The topological polar surface area (TPSA) is 99.8 Å². The molecule has 0 bridgehead atoms. The van der Waals surface area contributed by atoms with Crippen molar-refractivity contribution >= 4 is 5.69 Å². The van der Waals surface area contributed by atoms with E-state index in [4.69, 9.17) is 26.8 Å². The van der Waals surface area contributed by atoms with Crippen molar-refractivity contribution in [1.82, 2.24) is 0 Å². The number of hydrogen-bond donors (Lipinski definition) is 3. The smallest absolute Gasteiger partial charge is 0.158 e. The van der Waals surface area contributed by atoms with Crippen LogP contribution in [0.15, 0.2) is 36.2 Å². The standard InChI is InChI=1S/C16H26N4O2.C2H6/c1-12(17)13-5-7-15(8-6-13)20(19)10-14(18)11-22-16-4-2-3-9-21-16;1-2/h5-8,10,12,16H,2-4,9,11,17-19H2,1H3;1-2H3/b14-10-;. The van der Waals surface area contributed by atoms with E-state index in [1.165, 1.54) is 5.01 Å². The molecule has 1 aliphatic rings. The van der Waals surface area contributed by atoms with Crippen LogP contribution in [0.5, 0.6) is 0 Å². The molecule has 1 saturated heterocycles. The maximum atomic E-state index is 5.99. The molecule has 2 rings (SSSR count). The summed E-state index contributed by atoms with van der Waals surface area (Å²) in [5.41, 5.74) is 14.2. The normalized spacial score (nSPS) is 19.2. The lowest BCUT2D eigenvalue weighted by Crippen LogP contribution is -2.28. The van der Waals surface area contributed by atoms with E-state index in [9.17, 15) is 0 Å². The number of hydrogen-bond acceptors (Lipinski definition) is 6. The highest BCUT2D eigenvalue weighted by molar-refractivity contribution is 5.49. The molecule has 1 fully saturated rings. The van der Waals surface area contributed by atoms with E-state index >= 15 is 0 Å². The van der Waals surface area contributed by atoms with Gasteiger partial charge in [-0.25, -0.2) is 5.84 Å². The molecule has 136 valence electrons. The molecule has 2 unspecified atom stereocenters. The molecule has 0 amide bonds. The Morgan fingerprint density at radius 2 is 2.00 bits per heavy atom. The van der Waals surface area contributed by atoms with Gasteiger partial charge < -0.3 is 20.9 Å². The fraction of sp³-hybridized carbons (Fsp3) is 0.556. The minimum absolute atomic E-state index is 0.00443. The highest BCUT2D eigenvalue weighted by atomic mass is 16.7. The Labute approximate surface area is 145 Å². The van der Waals surface area contributed by atoms with Gasteiger partial charge in [0.05, 0.1) is 18.0 Å². The predicted molar refractivity (Wildman–Crippen MR) is 98.9 cm³/mol. The molecule has 0 saturated carbocycles. The van der Waals surface area contributed by atoms with Crippen LogP contribution in [0.4, 0.5) is 5.69 Å². The number of nitrogens with two attached hydrogens (primary N) is 3. The molecule has 6 N–H and O–H groups in total. The van der Waals surface area contributed by atoms with Crippen molar-refractivity contribution in [3.05, 3.63) is 41.7 Å². The van der Waals surface area contributed by atoms with E-state index in [0.29, 0.717) is 12.3 Å². The van der Waals surface area contributed by atoms with Crippen LogP contribution in [-0.4, -0.2) is 19.5 Å². The summed E-state index contributed by atoms with van der Waals surface area (Å²) in [6.07, 6.45) is 4.64. The summed E-state index contributed by atoms with van der Waals surface area (Å²) in [6.45, 7) is 7.00. The third-order valence-corrected chi connectivity index (χ3v) is 3.60. The molecule has 1 aliphatic heterocycles. The molecule has 6 heteroatoms. The van der Waals surface area contributed by atoms with Crippen LogP contribution >= 0.6 is 0 Å². The van der Waals surface area contributed by atoms with Crippen LogP contribution in [0.1, 0.15) is 51.6 Å². The highest BCUT2D eigenvalue weighted by Gasteiger charge is 2.14. The van der Waals surface area contributed by atoms with Gasteiger partial charge >= 0.3 is 0 Å². The van der Waals surface area contributed by atoms with Crippen molar-refractivity contribution < 1.29 is 9.47 Å². The third-order valence-electron chi connectivity index (χ3n) is 3.60. The number of hydrazine groups is 1. The van der Waals surface area contributed by atoms with E-state index in [-0.39, 0.29) is 12.3 Å². The van der Waals surface area contributed by atoms with Crippen molar-refractivity contribution in [2.24, 2.45) is 17.3 Å². The zero-order valence-electron chi connectivity index (χ0n) is 15.1. The van der Waals surface area contributed by atoms with Gasteiger partial charge in [0, 0.05) is 18.8 Å². The second-order valence-corrected chi connectivity index (χ2v) is 5.60. The van der Waals surface area contributed by atoms with Crippen LogP contribution in [0.3, 0.4) is 0 Å². The second kappa shape index (κ2) is 11.0. The van der Waals surface area contributed by atoms with E-state index in [2.05, 4.69) is 0 Å². The summed E-state index contributed by atoms with van der Waals surface area (Å²) >= 11 is 0. The first-order valence-electron chi connectivity index (χ1n) is 8.65. The molecule has 6 nitrogen and oxygen atoms in total.